The van der Waals surface area contributed by atoms with Gasteiger partial charge >= 0.3 is 12.5 Å². The molecule has 150 valence electrons. The van der Waals surface area contributed by atoms with Gasteiger partial charge in [0.25, 0.3) is 0 Å². The molecule has 0 aromatic heterocycles. The number of rotatable bonds is 5. The number of hydrogen-bond acceptors (Lipinski definition) is 2. The van der Waals surface area contributed by atoms with Gasteiger partial charge in [-0.25, -0.2) is 0 Å². The predicted molar refractivity (Wildman–Crippen MR) is 87.3 cm³/mol. The predicted octanol–water partition coefficient (Wildman–Crippen LogP) is 5.02. The summed E-state index contributed by atoms with van der Waals surface area (Å²) >= 11 is 0. The summed E-state index contributed by atoms with van der Waals surface area (Å²) in [6, 6.07) is 10.1. The van der Waals surface area contributed by atoms with E-state index in [1.807, 2.05) is 0 Å². The second-order valence-electron chi connectivity index (χ2n) is 6.44. The summed E-state index contributed by atoms with van der Waals surface area (Å²) in [6.45, 7) is 0.0509. The third-order valence-corrected chi connectivity index (χ3v) is 4.42. The maximum atomic E-state index is 13.1. The zero-order chi connectivity index (χ0) is 20.5. The zero-order valence-electron chi connectivity index (χ0n) is 14.3. The van der Waals surface area contributed by atoms with Crippen LogP contribution < -0.4 is 10.1 Å². The van der Waals surface area contributed by atoms with Gasteiger partial charge in [-0.1, -0.05) is 30.3 Å². The van der Waals surface area contributed by atoms with E-state index in [-0.39, 0.29) is 17.9 Å². The van der Waals surface area contributed by atoms with E-state index in [0.717, 1.165) is 18.2 Å². The van der Waals surface area contributed by atoms with E-state index in [2.05, 4.69) is 10.1 Å². The molecule has 3 nitrogen and oxygen atoms in total. The molecular formula is C19H15F6NO2. The molecule has 2 atom stereocenters. The van der Waals surface area contributed by atoms with Crippen molar-refractivity contribution in [3.8, 4) is 5.75 Å². The average molecular weight is 403 g/mol. The van der Waals surface area contributed by atoms with E-state index < -0.39 is 35.8 Å². The Morgan fingerprint density at radius 3 is 2.25 bits per heavy atom. The number of carbonyl (C=O) groups excluding carboxylic acids is 1. The molecule has 1 saturated carbocycles. The van der Waals surface area contributed by atoms with Crippen LogP contribution in [-0.4, -0.2) is 12.3 Å². The van der Waals surface area contributed by atoms with E-state index in [0.29, 0.717) is 12.0 Å². The molecule has 28 heavy (non-hydrogen) atoms. The highest BCUT2D eigenvalue weighted by Gasteiger charge is 2.47. The standard InChI is InChI=1S/C19H15F6NO2/c20-18(21,22)16-4-2-1-3-13(16)14-9-15(14)17(27)26-10-11-5-7-12(8-6-11)28-19(23,24)25/h1-8,14-15H,9-10H2,(H,26,27). The van der Waals surface area contributed by atoms with Gasteiger partial charge < -0.3 is 10.1 Å². The van der Waals surface area contributed by atoms with E-state index >= 15 is 0 Å². The Hall–Kier alpha value is -2.71. The molecule has 1 N–H and O–H groups in total. The molecule has 0 saturated heterocycles. The van der Waals surface area contributed by atoms with Crippen LogP contribution in [0.2, 0.25) is 0 Å². The fourth-order valence-corrected chi connectivity index (χ4v) is 3.04. The number of amides is 1. The molecule has 1 amide bonds. The summed E-state index contributed by atoms with van der Waals surface area (Å²) in [7, 11) is 0. The summed E-state index contributed by atoms with van der Waals surface area (Å²) in [6.07, 6.45) is -8.96. The van der Waals surface area contributed by atoms with Crippen LogP contribution in [0.1, 0.15) is 29.0 Å². The van der Waals surface area contributed by atoms with Crippen LogP contribution in [0.4, 0.5) is 26.3 Å². The molecule has 2 aromatic carbocycles. The van der Waals surface area contributed by atoms with Gasteiger partial charge in [-0.15, -0.1) is 13.2 Å². The molecule has 0 radical (unpaired) electrons. The van der Waals surface area contributed by atoms with E-state index in [9.17, 15) is 31.1 Å². The molecule has 0 aliphatic heterocycles. The van der Waals surface area contributed by atoms with Crippen molar-refractivity contribution in [2.75, 3.05) is 0 Å². The minimum Gasteiger partial charge on any atom is -0.406 e. The van der Waals surface area contributed by atoms with Gasteiger partial charge in [0.1, 0.15) is 5.75 Å². The lowest BCUT2D eigenvalue weighted by molar-refractivity contribution is -0.274. The van der Waals surface area contributed by atoms with Crippen LogP contribution in [0, 0.1) is 5.92 Å². The third-order valence-electron chi connectivity index (χ3n) is 4.42. The highest BCUT2D eigenvalue weighted by Crippen LogP contribution is 2.51. The first kappa shape index (κ1) is 20.0. The van der Waals surface area contributed by atoms with Gasteiger partial charge in [-0.3, -0.25) is 4.79 Å². The van der Waals surface area contributed by atoms with Crippen molar-refractivity contribution in [3.05, 3.63) is 65.2 Å². The van der Waals surface area contributed by atoms with Crippen LogP contribution in [0.3, 0.4) is 0 Å². The lowest BCUT2D eigenvalue weighted by atomic mass is 10.0. The monoisotopic (exact) mass is 403 g/mol. The number of halogens is 6. The molecule has 0 heterocycles. The Bertz CT molecular complexity index is 845. The van der Waals surface area contributed by atoms with Crippen LogP contribution in [0.5, 0.6) is 5.75 Å². The molecule has 0 spiro atoms. The van der Waals surface area contributed by atoms with Gasteiger partial charge in [0.05, 0.1) is 5.56 Å². The summed E-state index contributed by atoms with van der Waals surface area (Å²) in [5.74, 6) is -1.83. The van der Waals surface area contributed by atoms with Crippen molar-refractivity contribution in [1.82, 2.24) is 5.32 Å². The fourth-order valence-electron chi connectivity index (χ4n) is 3.04. The molecule has 0 bridgehead atoms. The fraction of sp³-hybridized carbons (Fsp3) is 0.316. The Labute approximate surface area is 156 Å². The minimum absolute atomic E-state index is 0.0509. The molecule has 3 rings (SSSR count). The van der Waals surface area contributed by atoms with Crippen LogP contribution in [0.25, 0.3) is 0 Å². The number of carbonyl (C=O) groups is 1. The third kappa shape index (κ3) is 4.96. The van der Waals surface area contributed by atoms with Crippen molar-refractivity contribution in [2.45, 2.75) is 31.4 Å². The quantitative estimate of drug-likeness (QED) is 0.712. The molecule has 2 aromatic rings. The van der Waals surface area contributed by atoms with Gasteiger partial charge in [0, 0.05) is 12.5 Å². The topological polar surface area (TPSA) is 38.3 Å². The van der Waals surface area contributed by atoms with Crippen molar-refractivity contribution in [1.29, 1.82) is 0 Å². The summed E-state index contributed by atoms with van der Waals surface area (Å²) in [5.41, 5.74) is -0.102. The lowest BCUT2D eigenvalue weighted by Gasteiger charge is -2.12. The normalized spacial score (nSPS) is 19.2. The summed E-state index contributed by atoms with van der Waals surface area (Å²) < 4.78 is 79.4. The number of hydrogen-bond donors (Lipinski definition) is 1. The van der Waals surface area contributed by atoms with Crippen molar-refractivity contribution in [3.63, 3.8) is 0 Å². The summed E-state index contributed by atoms with van der Waals surface area (Å²) in [4.78, 5) is 12.2. The van der Waals surface area contributed by atoms with Crippen molar-refractivity contribution in [2.24, 2.45) is 5.92 Å². The largest absolute Gasteiger partial charge is 0.573 e. The Morgan fingerprint density at radius 2 is 1.64 bits per heavy atom. The van der Waals surface area contributed by atoms with Crippen molar-refractivity contribution >= 4 is 5.91 Å². The highest BCUT2D eigenvalue weighted by molar-refractivity contribution is 5.83. The van der Waals surface area contributed by atoms with Crippen molar-refractivity contribution < 1.29 is 35.9 Å². The molecule has 1 aliphatic rings. The molecule has 2 unspecified atom stereocenters. The molecule has 1 fully saturated rings. The minimum atomic E-state index is -4.79. The number of alkyl halides is 6. The first-order valence-corrected chi connectivity index (χ1v) is 8.33. The highest BCUT2D eigenvalue weighted by atomic mass is 19.4. The summed E-state index contributed by atoms with van der Waals surface area (Å²) in [5, 5.41) is 2.60. The molecule has 1 aliphatic carbocycles. The Kier molecular flexibility index (Phi) is 5.27. The number of ether oxygens (including phenoxy) is 1. The average Bonchev–Trinajstić information content (AvgIpc) is 3.39. The maximum Gasteiger partial charge on any atom is 0.573 e. The smallest absolute Gasteiger partial charge is 0.406 e. The first-order valence-electron chi connectivity index (χ1n) is 8.33. The SMILES string of the molecule is O=C(NCc1ccc(OC(F)(F)F)cc1)C1CC1c1ccccc1C(F)(F)F. The van der Waals surface area contributed by atoms with Gasteiger partial charge in [-0.2, -0.15) is 13.2 Å². The van der Waals surface area contributed by atoms with E-state index in [1.165, 1.54) is 30.3 Å². The second-order valence-corrected chi connectivity index (χ2v) is 6.44. The van der Waals surface area contributed by atoms with Gasteiger partial charge in [-0.05, 0) is 41.7 Å². The van der Waals surface area contributed by atoms with Crippen LogP contribution >= 0.6 is 0 Å². The Balaban J connectivity index is 1.56. The van der Waals surface area contributed by atoms with Gasteiger partial charge in [0.2, 0.25) is 5.91 Å². The number of benzene rings is 2. The maximum absolute atomic E-state index is 13.1. The van der Waals surface area contributed by atoms with Crippen LogP contribution in [-0.2, 0) is 17.5 Å². The van der Waals surface area contributed by atoms with E-state index in [4.69, 9.17) is 0 Å². The second kappa shape index (κ2) is 7.37. The number of nitrogens with one attached hydrogen (secondary N) is 1. The Morgan fingerprint density at radius 1 is 1.00 bits per heavy atom. The lowest BCUT2D eigenvalue weighted by Crippen LogP contribution is -2.25. The first-order chi connectivity index (χ1) is 13.0. The van der Waals surface area contributed by atoms with Crippen LogP contribution in [0.15, 0.2) is 48.5 Å². The molecular weight excluding hydrogens is 388 g/mol. The van der Waals surface area contributed by atoms with E-state index in [1.54, 1.807) is 0 Å². The molecule has 9 heteroatoms. The zero-order valence-corrected chi connectivity index (χ0v) is 14.3. The van der Waals surface area contributed by atoms with Gasteiger partial charge in [0.15, 0.2) is 0 Å².